The Balaban J connectivity index is 2.28. The quantitative estimate of drug-likeness (QED) is 0.703. The molecular weight excluding hydrogens is 258 g/mol. The van der Waals surface area contributed by atoms with E-state index in [1.165, 1.54) is 6.07 Å². The Morgan fingerprint density at radius 1 is 1.45 bits per heavy atom. The third-order valence-corrected chi connectivity index (χ3v) is 3.71. The van der Waals surface area contributed by atoms with Gasteiger partial charge in [-0.05, 0) is 25.5 Å². The van der Waals surface area contributed by atoms with Crippen molar-refractivity contribution in [2.24, 2.45) is 11.1 Å². The van der Waals surface area contributed by atoms with E-state index in [0.717, 1.165) is 0 Å². The Bertz CT molecular complexity index is 560. The van der Waals surface area contributed by atoms with Gasteiger partial charge < -0.3 is 21.7 Å². The number of primary amides is 1. The zero-order valence-corrected chi connectivity index (χ0v) is 11.6. The molecule has 0 radical (unpaired) electrons. The van der Waals surface area contributed by atoms with Gasteiger partial charge in [0.15, 0.2) is 5.82 Å². The van der Waals surface area contributed by atoms with Crippen molar-refractivity contribution in [3.8, 4) is 0 Å². The second kappa shape index (κ2) is 4.99. The van der Waals surface area contributed by atoms with Crippen LogP contribution in [0, 0.1) is 5.41 Å². The summed E-state index contributed by atoms with van der Waals surface area (Å²) in [6, 6.07) is 3.10. The average molecular weight is 277 g/mol. The van der Waals surface area contributed by atoms with E-state index >= 15 is 0 Å². The number of hydrogen-bond acceptors (Lipinski definition) is 5. The maximum atomic E-state index is 11.9. The third kappa shape index (κ3) is 2.38. The van der Waals surface area contributed by atoms with Crippen LogP contribution < -0.4 is 21.7 Å². The van der Waals surface area contributed by atoms with Crippen LogP contribution in [0.2, 0.25) is 0 Å². The fraction of sp³-hybridized carbons (Fsp3) is 0.462. The molecule has 1 aromatic heterocycles. The molecule has 0 spiro atoms. The van der Waals surface area contributed by atoms with E-state index in [9.17, 15) is 9.59 Å². The molecule has 0 aliphatic carbocycles. The number of aromatic nitrogens is 1. The summed E-state index contributed by atoms with van der Waals surface area (Å²) in [6.07, 6.45) is 0.703. The van der Waals surface area contributed by atoms with Gasteiger partial charge in [0.25, 0.3) is 5.91 Å². The summed E-state index contributed by atoms with van der Waals surface area (Å²) in [5.41, 5.74) is 11.3. The average Bonchev–Trinajstić information content (AvgIpc) is 2.81. The van der Waals surface area contributed by atoms with Crippen molar-refractivity contribution in [2.75, 3.05) is 30.8 Å². The largest absolute Gasteiger partial charge is 0.396 e. The lowest BCUT2D eigenvalue weighted by Crippen LogP contribution is -2.39. The van der Waals surface area contributed by atoms with Crippen molar-refractivity contribution in [1.82, 2.24) is 10.3 Å². The lowest BCUT2D eigenvalue weighted by Gasteiger charge is -2.24. The molecule has 2 rings (SSSR count). The maximum Gasteiger partial charge on any atom is 0.267 e. The second-order valence-electron chi connectivity index (χ2n) is 5.28. The first-order chi connectivity index (χ1) is 9.37. The van der Waals surface area contributed by atoms with E-state index in [2.05, 4.69) is 10.3 Å². The predicted molar refractivity (Wildman–Crippen MR) is 76.2 cm³/mol. The predicted octanol–water partition coefficient (Wildman–Crippen LogP) is -0.275. The molecule has 0 saturated carbocycles. The minimum Gasteiger partial charge on any atom is -0.396 e. The van der Waals surface area contributed by atoms with Crippen LogP contribution in [0.4, 0.5) is 11.5 Å². The van der Waals surface area contributed by atoms with Crippen LogP contribution >= 0.6 is 0 Å². The van der Waals surface area contributed by atoms with Crippen molar-refractivity contribution < 1.29 is 9.59 Å². The second-order valence-corrected chi connectivity index (χ2v) is 5.28. The van der Waals surface area contributed by atoms with E-state index in [1.807, 2.05) is 11.8 Å². The summed E-state index contributed by atoms with van der Waals surface area (Å²) >= 11 is 0. The van der Waals surface area contributed by atoms with Crippen LogP contribution in [0.1, 0.15) is 23.8 Å². The van der Waals surface area contributed by atoms with Crippen molar-refractivity contribution >= 4 is 23.3 Å². The van der Waals surface area contributed by atoms with Crippen LogP contribution in [-0.2, 0) is 4.79 Å². The molecule has 1 atom stereocenters. The normalized spacial score (nSPS) is 21.8. The number of amides is 2. The summed E-state index contributed by atoms with van der Waals surface area (Å²) in [7, 11) is 1.62. The van der Waals surface area contributed by atoms with Gasteiger partial charge in [-0.3, -0.25) is 9.59 Å². The zero-order chi connectivity index (χ0) is 14.9. The first-order valence-electron chi connectivity index (χ1n) is 6.41. The fourth-order valence-electron chi connectivity index (χ4n) is 2.48. The van der Waals surface area contributed by atoms with Gasteiger partial charge in [-0.25, -0.2) is 4.98 Å². The molecule has 2 heterocycles. The number of nitrogen functional groups attached to an aromatic ring is 1. The van der Waals surface area contributed by atoms with Gasteiger partial charge in [-0.2, -0.15) is 0 Å². The van der Waals surface area contributed by atoms with E-state index in [-0.39, 0.29) is 11.6 Å². The van der Waals surface area contributed by atoms with Crippen LogP contribution in [0.15, 0.2) is 12.1 Å². The number of pyridine rings is 1. The number of hydrogen-bond donors (Lipinski definition) is 3. The van der Waals surface area contributed by atoms with Gasteiger partial charge in [0.05, 0.1) is 11.1 Å². The van der Waals surface area contributed by atoms with Crippen LogP contribution in [-0.4, -0.2) is 36.9 Å². The minimum absolute atomic E-state index is 0.00960. The minimum atomic E-state index is -0.598. The van der Waals surface area contributed by atoms with E-state index in [0.29, 0.717) is 31.0 Å². The van der Waals surface area contributed by atoms with Crippen LogP contribution in [0.3, 0.4) is 0 Å². The number of rotatable bonds is 3. The number of nitrogens with zero attached hydrogens (tertiary/aromatic N) is 2. The lowest BCUT2D eigenvalue weighted by atomic mass is 9.89. The van der Waals surface area contributed by atoms with E-state index < -0.39 is 11.3 Å². The van der Waals surface area contributed by atoms with E-state index in [1.54, 1.807) is 13.1 Å². The highest BCUT2D eigenvalue weighted by molar-refractivity contribution is 5.92. The Hall–Kier alpha value is -2.31. The molecule has 7 nitrogen and oxygen atoms in total. The van der Waals surface area contributed by atoms with Crippen molar-refractivity contribution in [3.63, 3.8) is 0 Å². The number of carbonyl (C=O) groups excluding carboxylic acids is 2. The SMILES string of the molecule is CNC(=O)C1(C)CCN(c2nc(C(N)=O)ccc2N)C1. The first kappa shape index (κ1) is 14.1. The Morgan fingerprint density at radius 3 is 2.75 bits per heavy atom. The number of anilines is 2. The molecular formula is C13H19N5O2. The Kier molecular flexibility index (Phi) is 3.52. The van der Waals surface area contributed by atoms with Gasteiger partial charge in [-0.15, -0.1) is 0 Å². The molecule has 1 aliphatic heterocycles. The third-order valence-electron chi connectivity index (χ3n) is 3.71. The summed E-state index contributed by atoms with van der Waals surface area (Å²) in [5.74, 6) is -0.0990. The highest BCUT2D eigenvalue weighted by Crippen LogP contribution is 2.34. The molecule has 1 saturated heterocycles. The summed E-state index contributed by atoms with van der Waals surface area (Å²) in [6.45, 7) is 3.06. The number of nitrogens with two attached hydrogens (primary N) is 2. The van der Waals surface area contributed by atoms with Gasteiger partial charge in [-0.1, -0.05) is 0 Å². The number of nitrogens with one attached hydrogen (secondary N) is 1. The standard InChI is InChI=1S/C13H19N5O2/c1-13(12(20)16-2)5-6-18(7-13)11-8(14)3-4-9(17-11)10(15)19/h3-4H,5-7,14H2,1-2H3,(H2,15,19)(H,16,20). The molecule has 1 unspecified atom stereocenters. The smallest absolute Gasteiger partial charge is 0.267 e. The van der Waals surface area contributed by atoms with Gasteiger partial charge in [0, 0.05) is 20.1 Å². The van der Waals surface area contributed by atoms with Crippen LogP contribution in [0.5, 0.6) is 0 Å². The molecule has 0 bridgehead atoms. The Morgan fingerprint density at radius 2 is 2.15 bits per heavy atom. The molecule has 0 aromatic carbocycles. The molecule has 108 valence electrons. The monoisotopic (exact) mass is 277 g/mol. The van der Waals surface area contributed by atoms with Gasteiger partial charge in [0.2, 0.25) is 5.91 Å². The van der Waals surface area contributed by atoms with Crippen molar-refractivity contribution in [1.29, 1.82) is 0 Å². The zero-order valence-electron chi connectivity index (χ0n) is 11.6. The van der Waals surface area contributed by atoms with Crippen molar-refractivity contribution in [2.45, 2.75) is 13.3 Å². The highest BCUT2D eigenvalue weighted by atomic mass is 16.2. The maximum absolute atomic E-state index is 11.9. The molecule has 20 heavy (non-hydrogen) atoms. The Labute approximate surface area is 117 Å². The fourth-order valence-corrected chi connectivity index (χ4v) is 2.48. The summed E-state index contributed by atoms with van der Waals surface area (Å²) in [4.78, 5) is 29.2. The van der Waals surface area contributed by atoms with Crippen molar-refractivity contribution in [3.05, 3.63) is 17.8 Å². The number of carbonyl (C=O) groups is 2. The van der Waals surface area contributed by atoms with Crippen LogP contribution in [0.25, 0.3) is 0 Å². The molecule has 1 aliphatic rings. The topological polar surface area (TPSA) is 114 Å². The molecule has 5 N–H and O–H groups in total. The molecule has 2 amide bonds. The first-order valence-corrected chi connectivity index (χ1v) is 6.41. The summed E-state index contributed by atoms with van der Waals surface area (Å²) < 4.78 is 0. The lowest BCUT2D eigenvalue weighted by molar-refractivity contribution is -0.128. The summed E-state index contributed by atoms with van der Waals surface area (Å²) in [5, 5.41) is 2.67. The van der Waals surface area contributed by atoms with Gasteiger partial charge in [0.1, 0.15) is 5.69 Å². The van der Waals surface area contributed by atoms with E-state index in [4.69, 9.17) is 11.5 Å². The van der Waals surface area contributed by atoms with Gasteiger partial charge >= 0.3 is 0 Å². The molecule has 1 aromatic rings. The highest BCUT2D eigenvalue weighted by Gasteiger charge is 2.40. The molecule has 7 heteroatoms. The molecule has 1 fully saturated rings.